The summed E-state index contributed by atoms with van der Waals surface area (Å²) in [4.78, 5) is 7.73. The van der Waals surface area contributed by atoms with Crippen LogP contribution in [0.25, 0.3) is 0 Å². The largest absolute Gasteiger partial charge is 0.341 e. The van der Waals surface area contributed by atoms with Crippen molar-refractivity contribution in [1.82, 2.24) is 0 Å². The molecule has 1 aromatic rings. The second-order valence-electron chi connectivity index (χ2n) is 2.51. The van der Waals surface area contributed by atoms with Gasteiger partial charge in [-0.25, -0.2) is 13.6 Å². The van der Waals surface area contributed by atoms with Gasteiger partial charge in [0.15, 0.2) is 0 Å². The van der Waals surface area contributed by atoms with Crippen molar-refractivity contribution in [2.45, 2.75) is 4.90 Å². The molecule has 82 valence electrons. The standard InChI is InChI=1S/C6H4F2N2O4S/c7-3-1-2-4(15(9,13)14)5(8)6(3)10(11)12/h1-2H,(H2,9,13,14). The first-order valence-corrected chi connectivity index (χ1v) is 4.95. The summed E-state index contributed by atoms with van der Waals surface area (Å²) in [5.41, 5.74) is -1.54. The van der Waals surface area contributed by atoms with Crippen molar-refractivity contribution >= 4 is 15.7 Å². The molecule has 0 aliphatic carbocycles. The van der Waals surface area contributed by atoms with Crippen LogP contribution in [0.2, 0.25) is 0 Å². The molecule has 0 bridgehead atoms. The van der Waals surface area contributed by atoms with Crippen LogP contribution >= 0.6 is 0 Å². The number of hydrogen-bond acceptors (Lipinski definition) is 4. The molecule has 15 heavy (non-hydrogen) atoms. The fraction of sp³-hybridized carbons (Fsp3) is 0. The molecule has 0 atom stereocenters. The van der Waals surface area contributed by atoms with E-state index in [9.17, 15) is 27.3 Å². The van der Waals surface area contributed by atoms with Gasteiger partial charge < -0.3 is 0 Å². The molecule has 6 nitrogen and oxygen atoms in total. The first-order chi connectivity index (χ1) is 6.75. The molecule has 0 aliphatic rings. The van der Waals surface area contributed by atoms with Crippen LogP contribution in [0.15, 0.2) is 17.0 Å². The number of primary sulfonamides is 1. The third kappa shape index (κ3) is 2.07. The Morgan fingerprint density at radius 2 is 1.87 bits per heavy atom. The van der Waals surface area contributed by atoms with Crippen molar-refractivity contribution in [3.05, 3.63) is 33.9 Å². The van der Waals surface area contributed by atoms with Crippen molar-refractivity contribution in [2.75, 3.05) is 0 Å². The summed E-state index contributed by atoms with van der Waals surface area (Å²) >= 11 is 0. The number of nitrogens with two attached hydrogens (primary N) is 1. The van der Waals surface area contributed by atoms with Gasteiger partial charge in [0.05, 0.1) is 4.92 Å². The maximum Gasteiger partial charge on any atom is 0.341 e. The highest BCUT2D eigenvalue weighted by Gasteiger charge is 2.28. The van der Waals surface area contributed by atoms with Crippen molar-refractivity contribution < 1.29 is 22.1 Å². The topological polar surface area (TPSA) is 103 Å². The van der Waals surface area contributed by atoms with Gasteiger partial charge in [-0.3, -0.25) is 10.1 Å². The maximum absolute atomic E-state index is 13.1. The highest BCUT2D eigenvalue weighted by Crippen LogP contribution is 2.26. The number of rotatable bonds is 2. The quantitative estimate of drug-likeness (QED) is 0.599. The molecule has 9 heteroatoms. The van der Waals surface area contributed by atoms with E-state index in [0.717, 1.165) is 0 Å². The van der Waals surface area contributed by atoms with Gasteiger partial charge in [-0.2, -0.15) is 8.78 Å². The van der Waals surface area contributed by atoms with E-state index in [1.54, 1.807) is 0 Å². The number of sulfonamides is 1. The Kier molecular flexibility index (Phi) is 2.69. The minimum absolute atomic E-state index is 0.459. The summed E-state index contributed by atoms with van der Waals surface area (Å²) in [7, 11) is -4.45. The average molecular weight is 238 g/mol. The van der Waals surface area contributed by atoms with Gasteiger partial charge in [0, 0.05) is 0 Å². The zero-order chi connectivity index (χ0) is 11.8. The van der Waals surface area contributed by atoms with Gasteiger partial charge in [0.1, 0.15) is 4.90 Å². The summed E-state index contributed by atoms with van der Waals surface area (Å²) in [5.74, 6) is -3.27. The summed E-state index contributed by atoms with van der Waals surface area (Å²) in [5, 5.41) is 14.8. The van der Waals surface area contributed by atoms with Crippen molar-refractivity contribution in [3.63, 3.8) is 0 Å². The van der Waals surface area contributed by atoms with E-state index < -0.39 is 37.2 Å². The third-order valence-corrected chi connectivity index (χ3v) is 2.45. The second kappa shape index (κ2) is 3.51. The van der Waals surface area contributed by atoms with Crippen LogP contribution in [0.4, 0.5) is 14.5 Å². The average Bonchev–Trinajstić information content (AvgIpc) is 2.00. The van der Waals surface area contributed by atoms with E-state index in [1.807, 2.05) is 0 Å². The first-order valence-electron chi connectivity index (χ1n) is 3.40. The summed E-state index contributed by atoms with van der Waals surface area (Å²) in [6, 6.07) is 0.980. The highest BCUT2D eigenvalue weighted by molar-refractivity contribution is 7.89. The zero-order valence-corrected chi connectivity index (χ0v) is 7.79. The Morgan fingerprint density at radius 1 is 1.33 bits per heavy atom. The second-order valence-corrected chi connectivity index (χ2v) is 4.04. The van der Waals surface area contributed by atoms with E-state index >= 15 is 0 Å². The van der Waals surface area contributed by atoms with Gasteiger partial charge in [0.25, 0.3) is 0 Å². The lowest BCUT2D eigenvalue weighted by molar-refractivity contribution is -0.390. The molecule has 0 spiro atoms. The Labute approximate surface area is 82.5 Å². The predicted molar refractivity (Wildman–Crippen MR) is 44.4 cm³/mol. The SMILES string of the molecule is NS(=O)(=O)c1ccc(F)c([N+](=O)[O-])c1F. The van der Waals surface area contributed by atoms with E-state index in [2.05, 4.69) is 5.14 Å². The van der Waals surface area contributed by atoms with Crippen LogP contribution in [0.5, 0.6) is 0 Å². The summed E-state index contributed by atoms with van der Waals surface area (Å²) in [6.45, 7) is 0. The summed E-state index contributed by atoms with van der Waals surface area (Å²) < 4.78 is 47.4. The van der Waals surface area contributed by atoms with E-state index in [-0.39, 0.29) is 0 Å². The van der Waals surface area contributed by atoms with Gasteiger partial charge in [0.2, 0.25) is 21.7 Å². The van der Waals surface area contributed by atoms with Crippen molar-refractivity contribution in [3.8, 4) is 0 Å². The Balaban J connectivity index is 3.64. The molecule has 2 N–H and O–H groups in total. The van der Waals surface area contributed by atoms with Crippen LogP contribution in [-0.2, 0) is 10.0 Å². The van der Waals surface area contributed by atoms with Crippen LogP contribution < -0.4 is 5.14 Å². The molecule has 0 heterocycles. The van der Waals surface area contributed by atoms with Gasteiger partial charge in [-0.1, -0.05) is 0 Å². The molecule has 0 radical (unpaired) electrons. The van der Waals surface area contributed by atoms with Crippen molar-refractivity contribution in [1.29, 1.82) is 0 Å². The molecular formula is C6H4F2N2O4S. The molecule has 0 aromatic heterocycles. The Morgan fingerprint density at radius 3 is 2.27 bits per heavy atom. The molecule has 0 fully saturated rings. The molecule has 0 saturated carbocycles. The van der Waals surface area contributed by atoms with E-state index in [4.69, 9.17) is 0 Å². The van der Waals surface area contributed by atoms with E-state index in [1.165, 1.54) is 0 Å². The maximum atomic E-state index is 13.1. The molecule has 1 rings (SSSR count). The Bertz CT molecular complexity index is 528. The van der Waals surface area contributed by atoms with Crippen LogP contribution in [-0.4, -0.2) is 13.3 Å². The lowest BCUT2D eigenvalue weighted by atomic mass is 10.3. The lowest BCUT2D eigenvalue weighted by Gasteiger charge is -2.01. The molecule has 0 aliphatic heterocycles. The van der Waals surface area contributed by atoms with E-state index in [0.29, 0.717) is 12.1 Å². The lowest BCUT2D eigenvalue weighted by Crippen LogP contribution is -2.15. The smallest absolute Gasteiger partial charge is 0.258 e. The normalized spacial score (nSPS) is 11.4. The van der Waals surface area contributed by atoms with Gasteiger partial charge in [-0.15, -0.1) is 0 Å². The minimum Gasteiger partial charge on any atom is -0.258 e. The molecule has 0 amide bonds. The predicted octanol–water partition coefficient (Wildman–Crippen LogP) is 0.520. The monoisotopic (exact) mass is 238 g/mol. The zero-order valence-electron chi connectivity index (χ0n) is 6.98. The van der Waals surface area contributed by atoms with Crippen molar-refractivity contribution in [2.24, 2.45) is 5.14 Å². The molecular weight excluding hydrogens is 234 g/mol. The number of nitro benzene ring substituents is 1. The first kappa shape index (κ1) is 11.5. The highest BCUT2D eigenvalue weighted by atomic mass is 32.2. The number of halogens is 2. The molecule has 1 aromatic carbocycles. The Hall–Kier alpha value is -1.61. The van der Waals surface area contributed by atoms with Crippen LogP contribution in [0.1, 0.15) is 0 Å². The number of benzene rings is 1. The fourth-order valence-corrected chi connectivity index (χ4v) is 1.51. The van der Waals surface area contributed by atoms with Crippen LogP contribution in [0.3, 0.4) is 0 Å². The fourth-order valence-electron chi connectivity index (χ4n) is 0.910. The number of nitrogens with zero attached hydrogens (tertiary/aromatic N) is 1. The number of nitro groups is 1. The van der Waals surface area contributed by atoms with Gasteiger partial charge >= 0.3 is 5.69 Å². The minimum atomic E-state index is -4.45. The van der Waals surface area contributed by atoms with Crippen LogP contribution in [0, 0.1) is 21.7 Å². The summed E-state index contributed by atoms with van der Waals surface area (Å²) in [6.07, 6.45) is 0. The van der Waals surface area contributed by atoms with Gasteiger partial charge in [-0.05, 0) is 12.1 Å². The third-order valence-electron chi connectivity index (χ3n) is 1.52. The molecule has 0 unspecified atom stereocenters. The molecule has 0 saturated heterocycles. The number of hydrogen-bond donors (Lipinski definition) is 1.